The number of rotatable bonds is 5. The zero-order chi connectivity index (χ0) is 18.8. The van der Waals surface area contributed by atoms with Gasteiger partial charge in [-0.15, -0.1) is 10.2 Å². The van der Waals surface area contributed by atoms with Gasteiger partial charge in [0.2, 0.25) is 11.6 Å². The number of hydrogen-bond donors (Lipinski definition) is 1. The second-order valence-corrected chi connectivity index (χ2v) is 5.85. The zero-order valence-electron chi connectivity index (χ0n) is 14.5. The second-order valence-electron chi connectivity index (χ2n) is 5.85. The third-order valence-electron chi connectivity index (χ3n) is 4.24. The first-order valence-electron chi connectivity index (χ1n) is 8.25. The summed E-state index contributed by atoms with van der Waals surface area (Å²) in [7, 11) is 1.58. The van der Waals surface area contributed by atoms with Crippen LogP contribution in [0.15, 0.2) is 53.7 Å². The molecule has 0 fully saturated rings. The van der Waals surface area contributed by atoms with Crippen LogP contribution in [-0.4, -0.2) is 37.2 Å². The minimum Gasteiger partial charge on any atom is -0.496 e. The molecule has 4 aromatic rings. The molecule has 9 nitrogen and oxygen atoms in total. The van der Waals surface area contributed by atoms with Crippen LogP contribution in [0.4, 0.5) is 0 Å². The number of nitrogens with one attached hydrogen (secondary N) is 1. The highest BCUT2D eigenvalue weighted by molar-refractivity contribution is 5.80. The number of benzene rings is 1. The van der Waals surface area contributed by atoms with Gasteiger partial charge in [0.25, 0.3) is 5.56 Å². The van der Waals surface area contributed by atoms with Crippen LogP contribution < -0.4 is 15.6 Å². The Bertz CT molecular complexity index is 1200. The predicted molar refractivity (Wildman–Crippen MR) is 97.4 cm³/mol. The SMILES string of the molecule is COc1ccccc1CNC(=O)Cn1c(=O)c2nncn2c2ncccc21. The first-order valence-corrected chi connectivity index (χ1v) is 8.25. The van der Waals surface area contributed by atoms with Crippen molar-refractivity contribution in [3.63, 3.8) is 0 Å². The van der Waals surface area contributed by atoms with Gasteiger partial charge in [-0.1, -0.05) is 18.2 Å². The van der Waals surface area contributed by atoms with Crippen molar-refractivity contribution < 1.29 is 9.53 Å². The summed E-state index contributed by atoms with van der Waals surface area (Å²) in [5.41, 5.74) is 1.61. The number of aromatic nitrogens is 5. The predicted octanol–water partition coefficient (Wildman–Crippen LogP) is 0.764. The van der Waals surface area contributed by atoms with E-state index < -0.39 is 5.56 Å². The van der Waals surface area contributed by atoms with Crippen LogP contribution in [0.25, 0.3) is 16.8 Å². The summed E-state index contributed by atoms with van der Waals surface area (Å²) < 4.78 is 8.15. The number of carbonyl (C=O) groups excluding carboxylic acids is 1. The molecule has 0 aliphatic heterocycles. The summed E-state index contributed by atoms with van der Waals surface area (Å²) in [6.45, 7) is 0.139. The van der Waals surface area contributed by atoms with Crippen LogP contribution in [-0.2, 0) is 17.9 Å². The fourth-order valence-electron chi connectivity index (χ4n) is 2.95. The summed E-state index contributed by atoms with van der Waals surface area (Å²) >= 11 is 0. The highest BCUT2D eigenvalue weighted by atomic mass is 16.5. The number of amides is 1. The third-order valence-corrected chi connectivity index (χ3v) is 4.24. The van der Waals surface area contributed by atoms with Gasteiger partial charge >= 0.3 is 0 Å². The zero-order valence-corrected chi connectivity index (χ0v) is 14.5. The van der Waals surface area contributed by atoms with Crippen molar-refractivity contribution in [1.29, 1.82) is 0 Å². The van der Waals surface area contributed by atoms with E-state index in [1.54, 1.807) is 25.4 Å². The Hall–Kier alpha value is -3.75. The fourth-order valence-corrected chi connectivity index (χ4v) is 2.95. The molecule has 4 rings (SSSR count). The quantitative estimate of drug-likeness (QED) is 0.561. The smallest absolute Gasteiger partial charge is 0.297 e. The summed E-state index contributed by atoms with van der Waals surface area (Å²) in [6.07, 6.45) is 3.04. The van der Waals surface area contributed by atoms with E-state index in [4.69, 9.17) is 4.74 Å². The van der Waals surface area contributed by atoms with Gasteiger partial charge < -0.3 is 10.1 Å². The molecule has 1 N–H and O–H groups in total. The first kappa shape index (κ1) is 16.7. The van der Waals surface area contributed by atoms with E-state index in [1.165, 1.54) is 15.3 Å². The molecule has 9 heteroatoms. The number of nitrogens with zero attached hydrogens (tertiary/aromatic N) is 5. The summed E-state index contributed by atoms with van der Waals surface area (Å²) in [4.78, 5) is 29.5. The molecular weight excluding hydrogens is 348 g/mol. The van der Waals surface area contributed by atoms with E-state index in [9.17, 15) is 9.59 Å². The highest BCUT2D eigenvalue weighted by Crippen LogP contribution is 2.16. The maximum Gasteiger partial charge on any atom is 0.297 e. The molecule has 3 heterocycles. The van der Waals surface area contributed by atoms with E-state index in [-0.39, 0.29) is 18.1 Å². The molecule has 0 saturated heterocycles. The van der Waals surface area contributed by atoms with Crippen molar-refractivity contribution in [2.75, 3.05) is 7.11 Å². The highest BCUT2D eigenvalue weighted by Gasteiger charge is 2.15. The lowest BCUT2D eigenvalue weighted by molar-refractivity contribution is -0.121. The number of fused-ring (bicyclic) bond motifs is 3. The van der Waals surface area contributed by atoms with Gasteiger partial charge in [0.15, 0.2) is 5.65 Å². The van der Waals surface area contributed by atoms with Gasteiger partial charge in [-0.3, -0.25) is 18.6 Å². The Morgan fingerprint density at radius 1 is 1.19 bits per heavy atom. The maximum absolute atomic E-state index is 12.7. The van der Waals surface area contributed by atoms with Gasteiger partial charge in [0.1, 0.15) is 18.6 Å². The van der Waals surface area contributed by atoms with Crippen LogP contribution in [0.1, 0.15) is 5.56 Å². The van der Waals surface area contributed by atoms with Crippen LogP contribution >= 0.6 is 0 Å². The van der Waals surface area contributed by atoms with E-state index >= 15 is 0 Å². The Labute approximate surface area is 153 Å². The number of carbonyl (C=O) groups is 1. The number of hydrogen-bond acceptors (Lipinski definition) is 6. The van der Waals surface area contributed by atoms with Crippen molar-refractivity contribution in [3.8, 4) is 5.75 Å². The molecule has 0 spiro atoms. The lowest BCUT2D eigenvalue weighted by Crippen LogP contribution is -2.33. The fraction of sp³-hybridized carbons (Fsp3) is 0.167. The molecular formula is C18H16N6O3. The Morgan fingerprint density at radius 3 is 2.89 bits per heavy atom. The van der Waals surface area contributed by atoms with Crippen molar-refractivity contribution in [1.82, 2.24) is 29.5 Å². The second kappa shape index (κ2) is 6.87. The lowest BCUT2D eigenvalue weighted by Gasteiger charge is -2.12. The Morgan fingerprint density at radius 2 is 2.04 bits per heavy atom. The van der Waals surface area contributed by atoms with Crippen molar-refractivity contribution in [3.05, 3.63) is 64.8 Å². The van der Waals surface area contributed by atoms with E-state index in [2.05, 4.69) is 20.5 Å². The van der Waals surface area contributed by atoms with Crippen molar-refractivity contribution in [2.45, 2.75) is 13.1 Å². The van der Waals surface area contributed by atoms with Gasteiger partial charge in [0, 0.05) is 18.3 Å². The van der Waals surface area contributed by atoms with E-state index in [0.29, 0.717) is 23.5 Å². The first-order chi connectivity index (χ1) is 13.2. The summed E-state index contributed by atoms with van der Waals surface area (Å²) in [5, 5.41) is 10.4. The van der Waals surface area contributed by atoms with Gasteiger partial charge in [0.05, 0.1) is 12.6 Å². The van der Waals surface area contributed by atoms with Crippen LogP contribution in [0.3, 0.4) is 0 Å². The van der Waals surface area contributed by atoms with Gasteiger partial charge in [-0.2, -0.15) is 0 Å². The standard InChI is InChI=1S/C18H16N6O3/c1-27-14-7-3-2-5-12(14)9-20-15(25)10-23-13-6-4-8-19-16(13)24-11-21-22-17(24)18(23)26/h2-8,11H,9-10H2,1H3,(H,20,25). The average molecular weight is 364 g/mol. The third kappa shape index (κ3) is 2.99. The van der Waals surface area contributed by atoms with Crippen molar-refractivity contribution >= 4 is 22.7 Å². The Kier molecular flexibility index (Phi) is 4.25. The van der Waals surface area contributed by atoms with Gasteiger partial charge in [-0.25, -0.2) is 4.98 Å². The Balaban J connectivity index is 1.63. The lowest BCUT2D eigenvalue weighted by atomic mass is 10.2. The molecule has 136 valence electrons. The van der Waals surface area contributed by atoms with E-state index in [0.717, 1.165) is 5.56 Å². The van der Waals surface area contributed by atoms with Crippen LogP contribution in [0, 0.1) is 0 Å². The van der Waals surface area contributed by atoms with E-state index in [1.807, 2.05) is 24.3 Å². The maximum atomic E-state index is 12.7. The number of ether oxygens (including phenoxy) is 1. The molecule has 0 saturated carbocycles. The molecule has 0 radical (unpaired) electrons. The van der Waals surface area contributed by atoms with Crippen molar-refractivity contribution in [2.24, 2.45) is 0 Å². The molecule has 0 aliphatic carbocycles. The normalized spacial score (nSPS) is 11.0. The minimum absolute atomic E-state index is 0.124. The number of methoxy groups -OCH3 is 1. The molecule has 0 atom stereocenters. The summed E-state index contributed by atoms with van der Waals surface area (Å²) in [6, 6.07) is 10.9. The number of pyridine rings is 1. The monoisotopic (exact) mass is 364 g/mol. The average Bonchev–Trinajstić information content (AvgIpc) is 3.20. The minimum atomic E-state index is -0.402. The molecule has 27 heavy (non-hydrogen) atoms. The largest absolute Gasteiger partial charge is 0.496 e. The molecule has 0 unspecified atom stereocenters. The van der Waals surface area contributed by atoms with Crippen LogP contribution in [0.5, 0.6) is 5.75 Å². The number of para-hydroxylation sites is 1. The molecule has 0 aliphatic rings. The molecule has 0 bridgehead atoms. The molecule has 1 aromatic carbocycles. The van der Waals surface area contributed by atoms with Gasteiger partial charge in [-0.05, 0) is 18.2 Å². The molecule has 3 aromatic heterocycles. The van der Waals surface area contributed by atoms with Crippen LogP contribution in [0.2, 0.25) is 0 Å². The summed E-state index contributed by atoms with van der Waals surface area (Å²) in [5.74, 6) is 0.381. The molecule has 1 amide bonds. The topological polar surface area (TPSA) is 103 Å².